The number of hydrogen-bond acceptors (Lipinski definition) is 5. The predicted octanol–water partition coefficient (Wildman–Crippen LogP) is 4.67. The van der Waals surface area contributed by atoms with E-state index in [1.54, 1.807) is 13.3 Å². The fourth-order valence-corrected chi connectivity index (χ4v) is 3.24. The third-order valence-corrected chi connectivity index (χ3v) is 4.49. The minimum atomic E-state index is 0.407. The zero-order valence-electron chi connectivity index (χ0n) is 12.5. The second-order valence-electron chi connectivity index (χ2n) is 4.85. The molecule has 0 bridgehead atoms. The summed E-state index contributed by atoms with van der Waals surface area (Å²) in [4.78, 5) is 4.27. The summed E-state index contributed by atoms with van der Waals surface area (Å²) in [5.41, 5.74) is 9.63. The lowest BCUT2D eigenvalue weighted by Crippen LogP contribution is -2.01. The molecule has 1 aromatic heterocycles. The number of nitrogens with one attached hydrogen (secondary N) is 1. The fraction of sp³-hybridized carbons (Fsp3) is 0.118. The molecule has 0 fully saturated rings. The van der Waals surface area contributed by atoms with E-state index in [2.05, 4.69) is 10.3 Å². The van der Waals surface area contributed by atoms with Crippen molar-refractivity contribution < 1.29 is 4.74 Å². The van der Waals surface area contributed by atoms with Gasteiger partial charge in [-0.3, -0.25) is 0 Å². The Hall–Kier alpha value is -2.08. The molecule has 0 radical (unpaired) electrons. The number of methoxy groups -OCH3 is 1. The van der Waals surface area contributed by atoms with Crippen molar-refractivity contribution in [1.82, 2.24) is 4.98 Å². The Morgan fingerprint density at radius 3 is 2.87 bits per heavy atom. The number of nitrogens with two attached hydrogens (primary N) is 1. The highest BCUT2D eigenvalue weighted by molar-refractivity contribution is 7.13. The lowest BCUT2D eigenvalue weighted by molar-refractivity contribution is 0.415. The number of rotatable bonds is 5. The molecule has 0 atom stereocenters. The van der Waals surface area contributed by atoms with Crippen molar-refractivity contribution in [2.24, 2.45) is 5.73 Å². The Labute approximate surface area is 143 Å². The zero-order chi connectivity index (χ0) is 16.2. The summed E-state index contributed by atoms with van der Waals surface area (Å²) >= 11 is 7.99. The molecular weight excluding hydrogens is 330 g/mol. The summed E-state index contributed by atoms with van der Waals surface area (Å²) < 4.78 is 5.36. The molecule has 2 aromatic carbocycles. The van der Waals surface area contributed by atoms with Gasteiger partial charge in [0.1, 0.15) is 5.75 Å². The molecule has 3 rings (SSSR count). The van der Waals surface area contributed by atoms with Gasteiger partial charge in [0.2, 0.25) is 0 Å². The topological polar surface area (TPSA) is 60.2 Å². The van der Waals surface area contributed by atoms with Gasteiger partial charge in [0, 0.05) is 40.0 Å². The number of hydrogen-bond donors (Lipinski definition) is 2. The first-order valence-electron chi connectivity index (χ1n) is 7.05. The third-order valence-electron chi connectivity index (χ3n) is 3.49. The summed E-state index contributed by atoms with van der Waals surface area (Å²) in [7, 11) is 1.64. The third kappa shape index (κ3) is 3.32. The van der Waals surface area contributed by atoms with E-state index in [1.807, 2.05) is 41.8 Å². The SMILES string of the molecule is COc1ccc(Nc2nccs2)c(-c2c(Cl)cccc2CN)c1. The fourth-order valence-electron chi connectivity index (χ4n) is 2.41. The lowest BCUT2D eigenvalue weighted by atomic mass is 9.97. The lowest BCUT2D eigenvalue weighted by Gasteiger charge is -2.16. The maximum Gasteiger partial charge on any atom is 0.187 e. The van der Waals surface area contributed by atoms with E-state index in [-0.39, 0.29) is 0 Å². The van der Waals surface area contributed by atoms with Crippen LogP contribution in [0, 0.1) is 0 Å². The van der Waals surface area contributed by atoms with Gasteiger partial charge in [0.25, 0.3) is 0 Å². The second-order valence-corrected chi connectivity index (χ2v) is 6.15. The average molecular weight is 346 g/mol. The van der Waals surface area contributed by atoms with Crippen molar-refractivity contribution in [3.8, 4) is 16.9 Å². The molecule has 3 N–H and O–H groups in total. The van der Waals surface area contributed by atoms with E-state index >= 15 is 0 Å². The molecule has 0 aliphatic heterocycles. The van der Waals surface area contributed by atoms with Gasteiger partial charge >= 0.3 is 0 Å². The molecule has 0 unspecified atom stereocenters. The van der Waals surface area contributed by atoms with Crippen LogP contribution in [0.3, 0.4) is 0 Å². The van der Waals surface area contributed by atoms with Crippen LogP contribution in [-0.4, -0.2) is 12.1 Å². The first-order chi connectivity index (χ1) is 11.2. The smallest absolute Gasteiger partial charge is 0.187 e. The Balaban J connectivity index is 2.16. The number of aromatic nitrogens is 1. The van der Waals surface area contributed by atoms with Crippen molar-refractivity contribution in [1.29, 1.82) is 0 Å². The van der Waals surface area contributed by atoms with Crippen molar-refractivity contribution in [2.45, 2.75) is 6.54 Å². The van der Waals surface area contributed by atoms with Gasteiger partial charge in [-0.05, 0) is 29.8 Å². The van der Waals surface area contributed by atoms with Crippen molar-refractivity contribution in [2.75, 3.05) is 12.4 Å². The number of nitrogens with zero attached hydrogens (tertiary/aromatic N) is 1. The minimum Gasteiger partial charge on any atom is -0.497 e. The van der Waals surface area contributed by atoms with Gasteiger partial charge in [-0.1, -0.05) is 23.7 Å². The molecule has 23 heavy (non-hydrogen) atoms. The molecule has 0 spiro atoms. The van der Waals surface area contributed by atoms with Crippen LogP contribution in [0.4, 0.5) is 10.8 Å². The number of ether oxygens (including phenoxy) is 1. The van der Waals surface area contributed by atoms with Crippen LogP contribution in [0.15, 0.2) is 48.0 Å². The van der Waals surface area contributed by atoms with E-state index < -0.39 is 0 Å². The zero-order valence-corrected chi connectivity index (χ0v) is 14.1. The van der Waals surface area contributed by atoms with E-state index in [1.165, 1.54) is 11.3 Å². The van der Waals surface area contributed by atoms with Crippen molar-refractivity contribution >= 4 is 33.8 Å². The number of halogens is 1. The van der Waals surface area contributed by atoms with Crippen LogP contribution in [0.5, 0.6) is 5.75 Å². The maximum absolute atomic E-state index is 6.45. The molecule has 4 nitrogen and oxygen atoms in total. The standard InChI is InChI=1S/C17H16ClN3OS/c1-22-12-5-6-15(21-17-20-7-8-23-17)13(9-12)16-11(10-19)3-2-4-14(16)18/h2-9H,10,19H2,1H3,(H,20,21). The van der Waals surface area contributed by atoms with Gasteiger partial charge in [0.15, 0.2) is 5.13 Å². The molecule has 6 heteroatoms. The van der Waals surface area contributed by atoms with Gasteiger partial charge in [0.05, 0.1) is 7.11 Å². The molecule has 0 saturated carbocycles. The van der Waals surface area contributed by atoms with Crippen LogP contribution in [0.2, 0.25) is 5.02 Å². The van der Waals surface area contributed by atoms with Gasteiger partial charge in [-0.15, -0.1) is 11.3 Å². The van der Waals surface area contributed by atoms with Crippen LogP contribution >= 0.6 is 22.9 Å². The maximum atomic E-state index is 6.45. The summed E-state index contributed by atoms with van der Waals surface area (Å²) in [6.45, 7) is 0.407. The Morgan fingerprint density at radius 1 is 1.30 bits per heavy atom. The van der Waals surface area contributed by atoms with Crippen LogP contribution < -0.4 is 15.8 Å². The summed E-state index contributed by atoms with van der Waals surface area (Å²) in [5.74, 6) is 0.757. The molecule has 0 aliphatic carbocycles. The van der Waals surface area contributed by atoms with Crippen molar-refractivity contribution in [3.63, 3.8) is 0 Å². The summed E-state index contributed by atoms with van der Waals surface area (Å²) in [5, 5.41) is 6.73. The van der Waals surface area contributed by atoms with Crippen LogP contribution in [0.25, 0.3) is 11.1 Å². The highest BCUT2D eigenvalue weighted by Gasteiger charge is 2.14. The van der Waals surface area contributed by atoms with E-state index in [9.17, 15) is 0 Å². The van der Waals surface area contributed by atoms with E-state index in [4.69, 9.17) is 22.1 Å². The Kier molecular flexibility index (Phi) is 4.81. The van der Waals surface area contributed by atoms with Gasteiger partial charge in [-0.2, -0.15) is 0 Å². The number of thiazole rings is 1. The first kappa shape index (κ1) is 15.8. The largest absolute Gasteiger partial charge is 0.497 e. The predicted molar refractivity (Wildman–Crippen MR) is 96.7 cm³/mol. The quantitative estimate of drug-likeness (QED) is 0.705. The molecule has 0 aliphatic rings. The molecule has 0 amide bonds. The summed E-state index contributed by atoms with van der Waals surface area (Å²) in [6, 6.07) is 11.6. The monoisotopic (exact) mass is 345 g/mol. The molecule has 3 aromatic rings. The van der Waals surface area contributed by atoms with Crippen LogP contribution in [-0.2, 0) is 6.54 Å². The molecule has 118 valence electrons. The highest BCUT2D eigenvalue weighted by atomic mass is 35.5. The van der Waals surface area contributed by atoms with E-state index in [0.717, 1.165) is 33.3 Å². The Morgan fingerprint density at radius 2 is 2.17 bits per heavy atom. The van der Waals surface area contributed by atoms with Crippen molar-refractivity contribution in [3.05, 3.63) is 58.6 Å². The van der Waals surface area contributed by atoms with Gasteiger partial charge in [-0.25, -0.2) is 4.98 Å². The first-order valence-corrected chi connectivity index (χ1v) is 8.31. The molecule has 0 saturated heterocycles. The van der Waals surface area contributed by atoms with E-state index in [0.29, 0.717) is 11.6 Å². The highest BCUT2D eigenvalue weighted by Crippen LogP contribution is 2.39. The molecule has 1 heterocycles. The summed E-state index contributed by atoms with van der Waals surface area (Å²) in [6.07, 6.45) is 1.76. The second kappa shape index (κ2) is 7.00. The number of anilines is 2. The normalized spacial score (nSPS) is 10.6. The minimum absolute atomic E-state index is 0.407. The molecular formula is C17H16ClN3OS. The van der Waals surface area contributed by atoms with Crippen LogP contribution in [0.1, 0.15) is 5.56 Å². The Bertz CT molecular complexity index is 806. The average Bonchev–Trinajstić information content (AvgIpc) is 3.08. The van der Waals surface area contributed by atoms with Gasteiger partial charge < -0.3 is 15.8 Å². The number of benzene rings is 2.